The van der Waals surface area contributed by atoms with Crippen molar-refractivity contribution in [3.8, 4) is 50.2 Å². The molecule has 64 heavy (non-hydrogen) atoms. The minimum absolute atomic E-state index is 0.411. The molecule has 0 spiro atoms. The zero-order valence-electron chi connectivity index (χ0n) is 35.1. The third kappa shape index (κ3) is 5.31. The van der Waals surface area contributed by atoms with Crippen molar-refractivity contribution in [2.75, 3.05) is 0 Å². The molecule has 1 aliphatic rings. The fourth-order valence-electron chi connectivity index (χ4n) is 11.2. The maximum absolute atomic E-state index is 2.43. The number of benzene rings is 11. The summed E-state index contributed by atoms with van der Waals surface area (Å²) >= 11 is 0. The van der Waals surface area contributed by atoms with Crippen molar-refractivity contribution in [2.24, 2.45) is 0 Å². The van der Waals surface area contributed by atoms with Crippen molar-refractivity contribution in [2.45, 2.75) is 5.41 Å². The van der Waals surface area contributed by atoms with Gasteiger partial charge in [-0.15, -0.1) is 0 Å². The molecule has 0 bridgehead atoms. The molecule has 13 rings (SSSR count). The van der Waals surface area contributed by atoms with E-state index in [0.29, 0.717) is 0 Å². The summed E-state index contributed by atoms with van der Waals surface area (Å²) in [6, 6.07) is 91.9. The molecule has 0 atom stereocenters. The van der Waals surface area contributed by atoms with E-state index in [-0.39, 0.29) is 0 Å². The SMILES string of the molecule is c1ccc(-c2c3ccccc3c(-c3ccc(-n4c5ccccc5c5cc(-c6ccc7c(c6)-c6ccccc6C7(c6ccccc6)c6ccccc6)ccc54)cc3)c3ccccc23)cc1. The van der Waals surface area contributed by atoms with Gasteiger partial charge in [-0.3, -0.25) is 0 Å². The lowest BCUT2D eigenvalue weighted by Crippen LogP contribution is -2.28. The fraction of sp³-hybridized carbons (Fsp3) is 0.0159. The van der Waals surface area contributed by atoms with Crippen molar-refractivity contribution in [3.05, 3.63) is 271 Å². The Morgan fingerprint density at radius 1 is 0.266 bits per heavy atom. The van der Waals surface area contributed by atoms with Gasteiger partial charge < -0.3 is 4.57 Å². The van der Waals surface area contributed by atoms with Crippen molar-refractivity contribution < 1.29 is 0 Å². The van der Waals surface area contributed by atoms with E-state index >= 15 is 0 Å². The molecule has 1 heterocycles. The topological polar surface area (TPSA) is 4.93 Å². The molecule has 1 heteroatoms. The highest BCUT2D eigenvalue weighted by Gasteiger charge is 2.46. The number of fused-ring (bicyclic) bond motifs is 8. The van der Waals surface area contributed by atoms with Crippen LogP contribution in [0, 0.1) is 0 Å². The zero-order chi connectivity index (χ0) is 42.2. The predicted molar refractivity (Wildman–Crippen MR) is 269 cm³/mol. The molecule has 12 aromatic rings. The van der Waals surface area contributed by atoms with Crippen LogP contribution in [-0.4, -0.2) is 4.57 Å². The van der Waals surface area contributed by atoms with E-state index < -0.39 is 5.41 Å². The van der Waals surface area contributed by atoms with Gasteiger partial charge in [0.15, 0.2) is 0 Å². The van der Waals surface area contributed by atoms with E-state index in [1.807, 2.05) is 0 Å². The Kier molecular flexibility index (Phi) is 8.20. The predicted octanol–water partition coefficient (Wildman–Crippen LogP) is 16.5. The van der Waals surface area contributed by atoms with Gasteiger partial charge in [-0.05, 0) is 125 Å². The van der Waals surface area contributed by atoms with E-state index in [1.165, 1.54) is 110 Å². The van der Waals surface area contributed by atoms with Crippen LogP contribution in [0.5, 0.6) is 0 Å². The van der Waals surface area contributed by atoms with Crippen molar-refractivity contribution >= 4 is 43.4 Å². The summed E-state index contributed by atoms with van der Waals surface area (Å²) in [7, 11) is 0. The highest BCUT2D eigenvalue weighted by atomic mass is 15.0. The molecular weight excluding hydrogens is 771 g/mol. The lowest BCUT2D eigenvalue weighted by atomic mass is 9.67. The minimum atomic E-state index is -0.411. The Morgan fingerprint density at radius 2 is 0.703 bits per heavy atom. The number of hydrogen-bond acceptors (Lipinski definition) is 0. The average Bonchev–Trinajstić information content (AvgIpc) is 3.86. The van der Waals surface area contributed by atoms with Gasteiger partial charge in [0.1, 0.15) is 0 Å². The van der Waals surface area contributed by atoms with E-state index in [0.717, 1.165) is 5.69 Å². The summed E-state index contributed by atoms with van der Waals surface area (Å²) in [5.41, 5.74) is 18.3. The molecule has 1 aromatic heterocycles. The quantitative estimate of drug-likeness (QED) is 0.147. The summed E-state index contributed by atoms with van der Waals surface area (Å²) in [4.78, 5) is 0. The molecule has 1 aliphatic carbocycles. The van der Waals surface area contributed by atoms with Gasteiger partial charge in [-0.25, -0.2) is 0 Å². The molecule has 0 fully saturated rings. The molecule has 0 aliphatic heterocycles. The van der Waals surface area contributed by atoms with E-state index in [4.69, 9.17) is 0 Å². The molecule has 0 amide bonds. The van der Waals surface area contributed by atoms with E-state index in [2.05, 4.69) is 253 Å². The van der Waals surface area contributed by atoms with Crippen LogP contribution < -0.4 is 0 Å². The molecular formula is C63H41N. The Balaban J connectivity index is 0.941. The van der Waals surface area contributed by atoms with Crippen LogP contribution in [0.3, 0.4) is 0 Å². The summed E-state index contributed by atoms with van der Waals surface area (Å²) in [5, 5.41) is 7.55. The minimum Gasteiger partial charge on any atom is -0.309 e. The van der Waals surface area contributed by atoms with Crippen molar-refractivity contribution in [1.82, 2.24) is 4.57 Å². The van der Waals surface area contributed by atoms with Gasteiger partial charge in [0.05, 0.1) is 16.4 Å². The average molecular weight is 812 g/mol. The lowest BCUT2D eigenvalue weighted by Gasteiger charge is -2.33. The number of para-hydroxylation sites is 1. The maximum Gasteiger partial charge on any atom is 0.0713 e. The first-order chi connectivity index (χ1) is 31.8. The molecule has 1 nitrogen and oxygen atoms in total. The highest BCUT2D eigenvalue weighted by Crippen LogP contribution is 2.56. The van der Waals surface area contributed by atoms with Crippen LogP contribution in [0.4, 0.5) is 0 Å². The van der Waals surface area contributed by atoms with Gasteiger partial charge in [0.25, 0.3) is 0 Å². The van der Waals surface area contributed by atoms with Crippen LogP contribution in [-0.2, 0) is 5.41 Å². The van der Waals surface area contributed by atoms with Gasteiger partial charge >= 0.3 is 0 Å². The largest absolute Gasteiger partial charge is 0.309 e. The molecule has 0 saturated heterocycles. The molecule has 298 valence electrons. The second kappa shape index (κ2) is 14.4. The molecule has 11 aromatic carbocycles. The summed E-state index contributed by atoms with van der Waals surface area (Å²) < 4.78 is 2.43. The normalized spacial score (nSPS) is 12.8. The molecule has 0 radical (unpaired) electrons. The van der Waals surface area contributed by atoms with Gasteiger partial charge in [-0.1, -0.05) is 212 Å². The first kappa shape index (κ1) is 36.4. The Labute approximate surface area is 372 Å². The van der Waals surface area contributed by atoms with E-state index in [1.54, 1.807) is 0 Å². The van der Waals surface area contributed by atoms with Gasteiger partial charge in [-0.2, -0.15) is 0 Å². The second-order valence-electron chi connectivity index (χ2n) is 17.1. The number of aromatic nitrogens is 1. The van der Waals surface area contributed by atoms with Crippen LogP contribution in [0.1, 0.15) is 22.3 Å². The van der Waals surface area contributed by atoms with Crippen LogP contribution in [0.2, 0.25) is 0 Å². The number of hydrogen-bond donors (Lipinski definition) is 0. The van der Waals surface area contributed by atoms with Crippen LogP contribution in [0.15, 0.2) is 249 Å². The van der Waals surface area contributed by atoms with Gasteiger partial charge in [0, 0.05) is 16.5 Å². The smallest absolute Gasteiger partial charge is 0.0713 e. The second-order valence-corrected chi connectivity index (χ2v) is 17.1. The van der Waals surface area contributed by atoms with Crippen LogP contribution >= 0.6 is 0 Å². The Morgan fingerprint density at radius 3 is 1.33 bits per heavy atom. The lowest BCUT2D eigenvalue weighted by molar-refractivity contribution is 0.768. The highest BCUT2D eigenvalue weighted by molar-refractivity contribution is 6.21. The van der Waals surface area contributed by atoms with E-state index in [9.17, 15) is 0 Å². The molecule has 0 N–H and O–H groups in total. The fourth-order valence-corrected chi connectivity index (χ4v) is 11.2. The Bertz CT molecular complexity index is 3650. The standard InChI is InChI=1S/C63H41N/c1-4-18-42(19-5-1)61-51-26-10-12-28-53(51)62(54-29-13-11-27-52(54)61)43-32-36-48(37-33-43)64-59-31-17-15-25-50(59)56-41-45(35-39-60(56)64)44-34-38-58-55(40-44)49-24-14-16-30-57(49)63(58,46-20-6-2-7-21-46)47-22-8-3-9-23-47/h1-41H. The first-order valence-corrected chi connectivity index (χ1v) is 22.3. The monoisotopic (exact) mass is 811 g/mol. The number of nitrogens with zero attached hydrogens (tertiary/aromatic N) is 1. The summed E-state index contributed by atoms with van der Waals surface area (Å²) in [6.07, 6.45) is 0. The van der Waals surface area contributed by atoms with Crippen molar-refractivity contribution in [3.63, 3.8) is 0 Å². The first-order valence-electron chi connectivity index (χ1n) is 22.3. The molecule has 0 unspecified atom stereocenters. The zero-order valence-corrected chi connectivity index (χ0v) is 35.1. The van der Waals surface area contributed by atoms with Gasteiger partial charge in [0.2, 0.25) is 0 Å². The number of rotatable bonds is 6. The third-order valence-electron chi connectivity index (χ3n) is 13.9. The third-order valence-corrected chi connectivity index (χ3v) is 13.9. The summed E-state index contributed by atoms with van der Waals surface area (Å²) in [5.74, 6) is 0. The Hall–Kier alpha value is -8.26. The summed E-state index contributed by atoms with van der Waals surface area (Å²) in [6.45, 7) is 0. The maximum atomic E-state index is 2.43. The molecule has 0 saturated carbocycles. The van der Waals surface area contributed by atoms with Crippen LogP contribution in [0.25, 0.3) is 93.5 Å². The van der Waals surface area contributed by atoms with Crippen molar-refractivity contribution in [1.29, 1.82) is 0 Å².